The summed E-state index contributed by atoms with van der Waals surface area (Å²) in [6.07, 6.45) is 8.13. The normalized spacial score (nSPS) is 25.4. The summed E-state index contributed by atoms with van der Waals surface area (Å²) in [5, 5.41) is 3.99. The van der Waals surface area contributed by atoms with Crippen LogP contribution in [0.4, 0.5) is 14.5 Å². The lowest BCUT2D eigenvalue weighted by Crippen LogP contribution is -2.72. The van der Waals surface area contributed by atoms with Crippen LogP contribution in [0.25, 0.3) is 0 Å². The molecule has 0 aromatic heterocycles. The van der Waals surface area contributed by atoms with Crippen LogP contribution in [0, 0.1) is 11.6 Å². The van der Waals surface area contributed by atoms with E-state index in [2.05, 4.69) is 44.1 Å². The molecular weight excluding hydrogens is 426 g/mol. The third kappa shape index (κ3) is 4.71. The minimum Gasteiger partial charge on any atom is -0.485 e. The Balaban J connectivity index is 1.45. The molecule has 1 aromatic carbocycles. The lowest BCUT2D eigenvalue weighted by molar-refractivity contribution is 0.105. The van der Waals surface area contributed by atoms with Gasteiger partial charge in [-0.25, -0.2) is 8.78 Å². The van der Waals surface area contributed by atoms with Crippen LogP contribution < -0.4 is 15.0 Å². The van der Waals surface area contributed by atoms with E-state index in [4.69, 9.17) is 9.16 Å². The van der Waals surface area contributed by atoms with Crippen LogP contribution in [0.1, 0.15) is 65.7 Å². The van der Waals surface area contributed by atoms with E-state index in [0.29, 0.717) is 24.4 Å². The van der Waals surface area contributed by atoms with E-state index in [1.165, 1.54) is 31.4 Å². The Bertz CT molecular complexity index is 800. The monoisotopic (exact) mass is 466 g/mol. The molecule has 0 radical (unpaired) electrons. The van der Waals surface area contributed by atoms with Crippen molar-refractivity contribution in [2.75, 3.05) is 24.7 Å². The first kappa shape index (κ1) is 24.0. The van der Waals surface area contributed by atoms with Gasteiger partial charge in [-0.3, -0.25) is 0 Å². The van der Waals surface area contributed by atoms with Gasteiger partial charge in [-0.05, 0) is 50.2 Å². The summed E-state index contributed by atoms with van der Waals surface area (Å²) >= 11 is 0. The maximum atomic E-state index is 15.0. The van der Waals surface area contributed by atoms with Gasteiger partial charge >= 0.3 is 0 Å². The van der Waals surface area contributed by atoms with Crippen molar-refractivity contribution in [1.82, 2.24) is 5.32 Å². The molecule has 2 aliphatic carbocycles. The Morgan fingerprint density at radius 2 is 1.72 bits per heavy atom. The van der Waals surface area contributed by atoms with Crippen LogP contribution in [0.3, 0.4) is 0 Å². The number of anilines is 1. The molecule has 1 saturated heterocycles. The number of hydrogen-bond donors (Lipinski definition) is 1. The van der Waals surface area contributed by atoms with Gasteiger partial charge in [-0.2, -0.15) is 0 Å². The SMILES string of the molecule is CC(C)(C)[Si](C)(C)OCCOc1c(F)cc(N2CC3(CCC3)N[C@H]3CCCC[C@@H]32)cc1F. The van der Waals surface area contributed by atoms with E-state index < -0.39 is 20.0 Å². The second kappa shape index (κ2) is 8.88. The molecule has 0 bridgehead atoms. The summed E-state index contributed by atoms with van der Waals surface area (Å²) in [5.74, 6) is -1.54. The largest absolute Gasteiger partial charge is 0.485 e. The van der Waals surface area contributed by atoms with Gasteiger partial charge in [0, 0.05) is 42.0 Å². The molecule has 3 aliphatic rings. The number of ether oxygens (including phenoxy) is 1. The molecule has 7 heteroatoms. The zero-order valence-corrected chi connectivity index (χ0v) is 21.4. The molecule has 3 fully saturated rings. The zero-order valence-electron chi connectivity index (χ0n) is 20.4. The highest BCUT2D eigenvalue weighted by atomic mass is 28.4. The van der Waals surface area contributed by atoms with E-state index in [1.807, 2.05) is 0 Å². The van der Waals surface area contributed by atoms with Crippen molar-refractivity contribution in [3.63, 3.8) is 0 Å². The summed E-state index contributed by atoms with van der Waals surface area (Å²) < 4.78 is 41.6. The predicted octanol–water partition coefficient (Wildman–Crippen LogP) is 6.01. The van der Waals surface area contributed by atoms with Crippen molar-refractivity contribution in [1.29, 1.82) is 0 Å². The van der Waals surface area contributed by atoms with Crippen LogP contribution in [0.15, 0.2) is 12.1 Å². The smallest absolute Gasteiger partial charge is 0.192 e. The fourth-order valence-electron chi connectivity index (χ4n) is 5.23. The van der Waals surface area contributed by atoms with Crippen molar-refractivity contribution >= 4 is 14.0 Å². The van der Waals surface area contributed by atoms with Crippen molar-refractivity contribution in [3.8, 4) is 5.75 Å². The third-order valence-corrected chi connectivity index (χ3v) is 12.9. The summed E-state index contributed by atoms with van der Waals surface area (Å²) in [4.78, 5) is 2.27. The molecular formula is C25H40F2N2O2Si. The van der Waals surface area contributed by atoms with Crippen LogP contribution in [-0.2, 0) is 4.43 Å². The highest BCUT2D eigenvalue weighted by Gasteiger charge is 2.48. The highest BCUT2D eigenvalue weighted by Crippen LogP contribution is 2.42. The van der Waals surface area contributed by atoms with Gasteiger partial charge in [0.15, 0.2) is 25.7 Å². The van der Waals surface area contributed by atoms with Crippen molar-refractivity contribution in [2.45, 2.75) is 101 Å². The molecule has 1 aromatic rings. The van der Waals surface area contributed by atoms with Gasteiger partial charge in [0.1, 0.15) is 6.61 Å². The molecule has 180 valence electrons. The molecule has 1 N–H and O–H groups in total. The standard InChI is InChI=1S/C25H40F2N2O2Si/c1-24(2,3)32(4,5)31-14-13-30-23-19(26)15-18(16-20(23)27)29-17-25(11-8-12-25)28-21-9-6-7-10-22(21)29/h15-16,21-22,28H,6-14,17H2,1-5H3/t21-,22-/m0/s1. The average molecular weight is 467 g/mol. The minimum atomic E-state index is -1.91. The first-order valence-corrected chi connectivity index (χ1v) is 15.2. The lowest BCUT2D eigenvalue weighted by atomic mass is 9.71. The molecule has 0 unspecified atom stereocenters. The Morgan fingerprint density at radius 1 is 1.06 bits per heavy atom. The Labute approximate surface area is 193 Å². The average Bonchev–Trinajstić information content (AvgIpc) is 2.69. The molecule has 4 nitrogen and oxygen atoms in total. The third-order valence-electron chi connectivity index (χ3n) is 8.32. The number of fused-ring (bicyclic) bond motifs is 1. The summed E-state index contributed by atoms with van der Waals surface area (Å²) in [6.45, 7) is 12.1. The first-order valence-electron chi connectivity index (χ1n) is 12.3. The fraction of sp³-hybridized carbons (Fsp3) is 0.760. The summed E-state index contributed by atoms with van der Waals surface area (Å²) in [7, 11) is -1.91. The summed E-state index contributed by atoms with van der Waals surface area (Å²) in [6, 6.07) is 3.65. The number of nitrogens with zero attached hydrogens (tertiary/aromatic N) is 1. The molecule has 1 aliphatic heterocycles. The molecule has 4 rings (SSSR count). The van der Waals surface area contributed by atoms with Crippen molar-refractivity contribution in [2.24, 2.45) is 0 Å². The van der Waals surface area contributed by atoms with E-state index in [9.17, 15) is 8.78 Å². The van der Waals surface area contributed by atoms with Crippen LogP contribution in [-0.4, -0.2) is 45.7 Å². The molecule has 32 heavy (non-hydrogen) atoms. The van der Waals surface area contributed by atoms with Crippen LogP contribution in [0.5, 0.6) is 5.75 Å². The van der Waals surface area contributed by atoms with E-state index >= 15 is 0 Å². The second-order valence-electron chi connectivity index (χ2n) is 11.6. The number of rotatable bonds is 6. The van der Waals surface area contributed by atoms with E-state index in [-0.39, 0.29) is 22.9 Å². The van der Waals surface area contributed by atoms with E-state index in [1.54, 1.807) is 0 Å². The number of benzene rings is 1. The second-order valence-corrected chi connectivity index (χ2v) is 16.4. The number of halogens is 2. The van der Waals surface area contributed by atoms with Gasteiger partial charge in [0.25, 0.3) is 0 Å². The van der Waals surface area contributed by atoms with Crippen LogP contribution in [0.2, 0.25) is 18.1 Å². The highest BCUT2D eigenvalue weighted by molar-refractivity contribution is 6.74. The molecule has 1 heterocycles. The summed E-state index contributed by atoms with van der Waals surface area (Å²) in [5.41, 5.74) is 0.761. The maximum absolute atomic E-state index is 15.0. The van der Waals surface area contributed by atoms with Crippen molar-refractivity contribution < 1.29 is 17.9 Å². The molecule has 1 spiro atoms. The Kier molecular flexibility index (Phi) is 6.65. The number of nitrogens with one attached hydrogen (secondary N) is 1. The van der Waals surface area contributed by atoms with Crippen LogP contribution >= 0.6 is 0 Å². The Hall–Kier alpha value is -1.18. The molecule has 0 amide bonds. The number of piperazine rings is 1. The van der Waals surface area contributed by atoms with Gasteiger partial charge in [0.05, 0.1) is 6.61 Å². The Morgan fingerprint density at radius 3 is 2.31 bits per heavy atom. The fourth-order valence-corrected chi connectivity index (χ4v) is 6.26. The van der Waals surface area contributed by atoms with E-state index in [0.717, 1.165) is 32.2 Å². The first-order chi connectivity index (χ1) is 15.0. The van der Waals surface area contributed by atoms with Gasteiger partial charge < -0.3 is 19.4 Å². The predicted molar refractivity (Wildman–Crippen MR) is 128 cm³/mol. The molecule has 2 saturated carbocycles. The van der Waals surface area contributed by atoms with Gasteiger partial charge in [-0.1, -0.05) is 33.6 Å². The minimum absolute atomic E-state index is 0.0865. The quantitative estimate of drug-likeness (QED) is 0.411. The van der Waals surface area contributed by atoms with Gasteiger partial charge in [0.2, 0.25) is 0 Å². The maximum Gasteiger partial charge on any atom is 0.192 e. The zero-order chi connectivity index (χ0) is 23.1. The lowest BCUT2D eigenvalue weighted by Gasteiger charge is -2.58. The molecule has 2 atom stereocenters. The van der Waals surface area contributed by atoms with Gasteiger partial charge in [-0.15, -0.1) is 0 Å². The van der Waals surface area contributed by atoms with Crippen molar-refractivity contribution in [3.05, 3.63) is 23.8 Å². The topological polar surface area (TPSA) is 33.7 Å². The number of hydrogen-bond acceptors (Lipinski definition) is 4.